The summed E-state index contributed by atoms with van der Waals surface area (Å²) in [7, 11) is -4.61. The summed E-state index contributed by atoms with van der Waals surface area (Å²) < 4.78 is 53.1. The molecular weight excluding hydrogens is 338 g/mol. The van der Waals surface area contributed by atoms with Gasteiger partial charge in [-0.3, -0.25) is 0 Å². The van der Waals surface area contributed by atoms with Crippen molar-refractivity contribution in [3.05, 3.63) is 24.3 Å². The van der Waals surface area contributed by atoms with Crippen molar-refractivity contribution in [2.45, 2.75) is 41.6 Å². The average Bonchev–Trinajstić information content (AvgIpc) is 2.46. The summed E-state index contributed by atoms with van der Waals surface area (Å²) in [5, 5.41) is 3.26. The zero-order chi connectivity index (χ0) is 17.3. The molecule has 0 saturated carbocycles. The van der Waals surface area contributed by atoms with E-state index in [0.29, 0.717) is 12.8 Å². The second-order valence-corrected chi connectivity index (χ2v) is 9.83. The Labute approximate surface area is 138 Å². The van der Waals surface area contributed by atoms with Crippen LogP contribution in [0.5, 0.6) is 0 Å². The highest BCUT2D eigenvalue weighted by Crippen LogP contribution is 2.19. The molecule has 2 unspecified atom stereocenters. The average molecular weight is 361 g/mol. The molecule has 1 aromatic rings. The largest absolute Gasteiger partial charge is 0.314 e. The predicted molar refractivity (Wildman–Crippen MR) is 88.1 cm³/mol. The van der Waals surface area contributed by atoms with Gasteiger partial charge >= 0.3 is 0 Å². The van der Waals surface area contributed by atoms with Gasteiger partial charge in [-0.1, -0.05) is 6.07 Å². The Hall–Kier alpha value is -1.00. The summed E-state index contributed by atoms with van der Waals surface area (Å²) in [6.45, 7) is 2.76. The van der Waals surface area contributed by atoms with Gasteiger partial charge in [-0.2, -0.15) is 0 Å². The van der Waals surface area contributed by atoms with Crippen LogP contribution in [0.4, 0.5) is 0 Å². The maximum Gasteiger partial charge on any atom is 0.242 e. The number of nitrogens with zero attached hydrogens (tertiary/aromatic N) is 1. The Morgan fingerprint density at radius 3 is 2.43 bits per heavy atom. The predicted octanol–water partition coefficient (Wildman–Crippen LogP) is 0.356. The van der Waals surface area contributed by atoms with Crippen molar-refractivity contribution in [2.24, 2.45) is 0 Å². The van der Waals surface area contributed by atoms with Crippen LogP contribution in [0.25, 0.3) is 0 Å². The first kappa shape index (κ1) is 18.3. The molecule has 0 aromatic heterocycles. The van der Waals surface area contributed by atoms with Crippen molar-refractivity contribution in [3.8, 4) is 0 Å². The SMILES string of the molecule is CC1CC(NS(=O)(=O)c2cccc(S(=O)(=O)N(C)C)c2)CCN1. The molecule has 0 bridgehead atoms. The van der Waals surface area contributed by atoms with Gasteiger partial charge in [-0.25, -0.2) is 25.9 Å². The normalized spacial score (nSPS) is 23.1. The maximum absolute atomic E-state index is 12.5. The topological polar surface area (TPSA) is 95.6 Å². The summed E-state index contributed by atoms with van der Waals surface area (Å²) in [5.74, 6) is 0. The highest BCUT2D eigenvalue weighted by molar-refractivity contribution is 7.90. The van der Waals surface area contributed by atoms with E-state index in [1.165, 1.54) is 38.4 Å². The molecule has 2 rings (SSSR count). The maximum atomic E-state index is 12.5. The first-order valence-electron chi connectivity index (χ1n) is 7.41. The molecule has 2 N–H and O–H groups in total. The van der Waals surface area contributed by atoms with Gasteiger partial charge < -0.3 is 5.32 Å². The zero-order valence-corrected chi connectivity index (χ0v) is 15.1. The lowest BCUT2D eigenvalue weighted by Crippen LogP contribution is -2.46. The van der Waals surface area contributed by atoms with Gasteiger partial charge in [0.2, 0.25) is 20.0 Å². The summed E-state index contributed by atoms with van der Waals surface area (Å²) >= 11 is 0. The number of rotatable bonds is 5. The number of nitrogens with one attached hydrogen (secondary N) is 2. The molecule has 1 aliphatic heterocycles. The van der Waals surface area contributed by atoms with Gasteiger partial charge in [0.1, 0.15) is 0 Å². The number of hydrogen-bond donors (Lipinski definition) is 2. The molecule has 2 atom stereocenters. The molecule has 0 spiro atoms. The number of hydrogen-bond acceptors (Lipinski definition) is 5. The number of benzene rings is 1. The van der Waals surface area contributed by atoms with Crippen LogP contribution in [-0.4, -0.2) is 53.9 Å². The lowest BCUT2D eigenvalue weighted by atomic mass is 10.0. The van der Waals surface area contributed by atoms with Crippen molar-refractivity contribution in [2.75, 3.05) is 20.6 Å². The Bertz CT molecular complexity index is 760. The number of sulfonamides is 2. The summed E-state index contributed by atoms with van der Waals surface area (Å²) in [6.07, 6.45) is 1.41. The summed E-state index contributed by atoms with van der Waals surface area (Å²) in [6, 6.07) is 5.53. The molecule has 1 aliphatic rings. The molecule has 1 saturated heterocycles. The van der Waals surface area contributed by atoms with E-state index >= 15 is 0 Å². The van der Waals surface area contributed by atoms with Crippen molar-refractivity contribution in [1.82, 2.24) is 14.3 Å². The standard InChI is InChI=1S/C14H23N3O4S2/c1-11-9-12(7-8-15-11)16-22(18,19)13-5-4-6-14(10-13)23(20,21)17(2)3/h4-6,10-12,15-16H,7-9H2,1-3H3. The van der Waals surface area contributed by atoms with E-state index in [-0.39, 0.29) is 21.9 Å². The minimum absolute atomic E-state index is 0.0355. The molecule has 0 amide bonds. The van der Waals surface area contributed by atoms with Crippen molar-refractivity contribution < 1.29 is 16.8 Å². The highest BCUT2D eigenvalue weighted by atomic mass is 32.2. The van der Waals surface area contributed by atoms with E-state index in [1.54, 1.807) is 0 Å². The van der Waals surface area contributed by atoms with Crippen molar-refractivity contribution >= 4 is 20.0 Å². The quantitative estimate of drug-likeness (QED) is 0.789. The van der Waals surface area contributed by atoms with E-state index in [2.05, 4.69) is 10.0 Å². The van der Waals surface area contributed by atoms with Gasteiger partial charge in [0.05, 0.1) is 9.79 Å². The fourth-order valence-corrected chi connectivity index (χ4v) is 4.89. The van der Waals surface area contributed by atoms with Crippen molar-refractivity contribution in [3.63, 3.8) is 0 Å². The first-order valence-corrected chi connectivity index (χ1v) is 10.3. The second kappa shape index (κ2) is 6.86. The molecule has 1 heterocycles. The molecule has 9 heteroatoms. The monoisotopic (exact) mass is 361 g/mol. The van der Waals surface area contributed by atoms with E-state index in [9.17, 15) is 16.8 Å². The second-order valence-electron chi connectivity index (χ2n) is 5.96. The third kappa shape index (κ3) is 4.30. The van der Waals surface area contributed by atoms with Gasteiger partial charge in [0.25, 0.3) is 0 Å². The van der Waals surface area contributed by atoms with Crippen LogP contribution in [0.2, 0.25) is 0 Å². The smallest absolute Gasteiger partial charge is 0.242 e. The lowest BCUT2D eigenvalue weighted by molar-refractivity contribution is 0.361. The van der Waals surface area contributed by atoms with Crippen LogP contribution in [-0.2, 0) is 20.0 Å². The molecule has 0 aliphatic carbocycles. The van der Waals surface area contributed by atoms with E-state index in [0.717, 1.165) is 10.8 Å². The van der Waals surface area contributed by atoms with Crippen LogP contribution >= 0.6 is 0 Å². The molecule has 23 heavy (non-hydrogen) atoms. The Kier molecular flexibility index (Phi) is 5.47. The Balaban J connectivity index is 2.27. The zero-order valence-electron chi connectivity index (χ0n) is 13.5. The van der Waals surface area contributed by atoms with Crippen molar-refractivity contribution in [1.29, 1.82) is 0 Å². The van der Waals surface area contributed by atoms with Crippen LogP contribution in [0.3, 0.4) is 0 Å². The van der Waals surface area contributed by atoms with Gasteiger partial charge in [0, 0.05) is 26.2 Å². The third-order valence-electron chi connectivity index (χ3n) is 3.84. The van der Waals surface area contributed by atoms with Crippen LogP contribution in [0.1, 0.15) is 19.8 Å². The molecule has 130 valence electrons. The fraction of sp³-hybridized carbons (Fsp3) is 0.571. The summed E-state index contributed by atoms with van der Waals surface area (Å²) in [5.41, 5.74) is 0. The van der Waals surface area contributed by atoms with Crippen LogP contribution in [0.15, 0.2) is 34.1 Å². The number of piperidine rings is 1. The fourth-order valence-electron chi connectivity index (χ4n) is 2.54. The molecular formula is C14H23N3O4S2. The summed E-state index contributed by atoms with van der Waals surface area (Å²) in [4.78, 5) is -0.0735. The molecule has 1 fully saturated rings. The highest BCUT2D eigenvalue weighted by Gasteiger charge is 2.26. The molecule has 7 nitrogen and oxygen atoms in total. The van der Waals surface area contributed by atoms with Gasteiger partial charge in [0.15, 0.2) is 0 Å². The van der Waals surface area contributed by atoms with E-state index in [1.807, 2.05) is 6.92 Å². The van der Waals surface area contributed by atoms with Gasteiger partial charge in [-0.05, 0) is 44.5 Å². The minimum Gasteiger partial charge on any atom is -0.314 e. The minimum atomic E-state index is -3.75. The van der Waals surface area contributed by atoms with E-state index < -0.39 is 20.0 Å². The first-order chi connectivity index (χ1) is 10.6. The molecule has 1 aromatic carbocycles. The van der Waals surface area contributed by atoms with E-state index in [4.69, 9.17) is 0 Å². The molecule has 0 radical (unpaired) electrons. The Morgan fingerprint density at radius 2 is 1.83 bits per heavy atom. The van der Waals surface area contributed by atoms with Crippen LogP contribution in [0, 0.1) is 0 Å². The third-order valence-corrected chi connectivity index (χ3v) is 7.17. The van der Waals surface area contributed by atoms with Crippen LogP contribution < -0.4 is 10.0 Å². The lowest BCUT2D eigenvalue weighted by Gasteiger charge is -2.28. The Morgan fingerprint density at radius 1 is 1.17 bits per heavy atom. The van der Waals surface area contributed by atoms with Gasteiger partial charge in [-0.15, -0.1) is 0 Å².